The van der Waals surface area contributed by atoms with Crippen molar-refractivity contribution in [2.24, 2.45) is 11.8 Å². The Hall–Kier alpha value is -3.29. The van der Waals surface area contributed by atoms with E-state index in [0.29, 0.717) is 46.0 Å². The van der Waals surface area contributed by atoms with Crippen LogP contribution in [0.15, 0.2) is 40.7 Å². The summed E-state index contributed by atoms with van der Waals surface area (Å²) in [4.78, 5) is 39.5. The molecule has 0 radical (unpaired) electrons. The molecular weight excluding hydrogens is 426 g/mol. The number of ether oxygens (including phenoxy) is 4. The molecule has 3 rings (SSSR count). The lowest BCUT2D eigenvalue weighted by molar-refractivity contribution is -0.151. The number of hydrogen-bond acceptors (Lipinski definition) is 8. The minimum Gasteiger partial charge on any atom is -0.497 e. The lowest BCUT2D eigenvalue weighted by Gasteiger charge is -2.38. The fourth-order valence-corrected chi connectivity index (χ4v) is 4.60. The minimum absolute atomic E-state index is 0.258. The van der Waals surface area contributed by atoms with Crippen LogP contribution in [0, 0.1) is 11.8 Å². The Morgan fingerprint density at radius 2 is 1.82 bits per heavy atom. The Morgan fingerprint density at radius 3 is 2.39 bits per heavy atom. The Labute approximate surface area is 193 Å². The number of dihydropyridines is 1. The molecule has 1 aromatic carbocycles. The van der Waals surface area contributed by atoms with Gasteiger partial charge in [0.1, 0.15) is 17.4 Å². The fraction of sp³-hybridized carbons (Fsp3) is 0.480. The number of Topliss-reactive ketones (excluding diaryl/α,β-unsaturated/α-hetero) is 1. The molecule has 1 aliphatic heterocycles. The maximum atomic E-state index is 13.7. The summed E-state index contributed by atoms with van der Waals surface area (Å²) in [5, 5.41) is 3.24. The number of nitrogens with one attached hydrogen (secondary N) is 1. The standard InChI is InChI=1S/C25H31NO7/c1-12(2)33-25(29)20-14(4)26-17-10-13(3)19(24(28)32-7)23(27)22(17)21(20)16-9-8-15(30-5)11-18(16)31-6/h8-9,11-13,19,21,26H,10H2,1-7H3/t13-,19+,21+/m0/s1. The maximum absolute atomic E-state index is 13.7. The lowest BCUT2D eigenvalue weighted by atomic mass is 9.69. The number of benzene rings is 1. The van der Waals surface area contributed by atoms with Gasteiger partial charge < -0.3 is 24.3 Å². The number of carbonyl (C=O) groups excluding carboxylic acids is 3. The number of esters is 2. The van der Waals surface area contributed by atoms with Crippen molar-refractivity contribution >= 4 is 17.7 Å². The van der Waals surface area contributed by atoms with Gasteiger partial charge in [0.15, 0.2) is 5.78 Å². The van der Waals surface area contributed by atoms with Crippen LogP contribution in [0.5, 0.6) is 11.5 Å². The molecule has 3 atom stereocenters. The second-order valence-electron chi connectivity index (χ2n) is 8.60. The first-order chi connectivity index (χ1) is 15.6. The van der Waals surface area contributed by atoms with Gasteiger partial charge in [-0.25, -0.2) is 4.79 Å². The molecule has 0 unspecified atom stereocenters. The Balaban J connectivity index is 2.25. The highest BCUT2D eigenvalue weighted by Crippen LogP contribution is 2.48. The zero-order chi connectivity index (χ0) is 24.4. The summed E-state index contributed by atoms with van der Waals surface area (Å²) in [6, 6.07) is 5.22. The van der Waals surface area contributed by atoms with Gasteiger partial charge in [-0.1, -0.05) is 13.0 Å². The van der Waals surface area contributed by atoms with Crippen LogP contribution in [0.4, 0.5) is 0 Å². The van der Waals surface area contributed by atoms with Gasteiger partial charge in [0.2, 0.25) is 0 Å². The van der Waals surface area contributed by atoms with Gasteiger partial charge in [-0.05, 0) is 39.2 Å². The third-order valence-corrected chi connectivity index (χ3v) is 6.06. The number of ketones is 1. The van der Waals surface area contributed by atoms with Gasteiger partial charge in [0.05, 0.1) is 38.9 Å². The molecule has 0 spiro atoms. The third-order valence-electron chi connectivity index (χ3n) is 6.06. The normalized spacial score (nSPS) is 22.5. The maximum Gasteiger partial charge on any atom is 0.337 e. The van der Waals surface area contributed by atoms with E-state index in [4.69, 9.17) is 18.9 Å². The molecule has 0 fully saturated rings. The summed E-state index contributed by atoms with van der Waals surface area (Å²) in [6.45, 7) is 7.15. The van der Waals surface area contributed by atoms with Crippen LogP contribution >= 0.6 is 0 Å². The van der Waals surface area contributed by atoms with Crippen LogP contribution in [0.3, 0.4) is 0 Å². The van der Waals surface area contributed by atoms with E-state index in [9.17, 15) is 14.4 Å². The van der Waals surface area contributed by atoms with Gasteiger partial charge >= 0.3 is 11.9 Å². The zero-order valence-corrected chi connectivity index (χ0v) is 20.1. The quantitative estimate of drug-likeness (QED) is 0.513. The first-order valence-corrected chi connectivity index (χ1v) is 10.9. The molecule has 178 valence electrons. The molecule has 2 aliphatic rings. The summed E-state index contributed by atoms with van der Waals surface area (Å²) in [5.41, 5.74) is 2.55. The number of carbonyl (C=O) groups is 3. The van der Waals surface area contributed by atoms with Crippen LogP contribution in [0.1, 0.15) is 45.6 Å². The number of hydrogen-bond donors (Lipinski definition) is 1. The van der Waals surface area contributed by atoms with Gasteiger partial charge in [0, 0.05) is 28.6 Å². The molecule has 1 heterocycles. The van der Waals surface area contributed by atoms with Crippen LogP contribution in [0.2, 0.25) is 0 Å². The zero-order valence-electron chi connectivity index (χ0n) is 20.1. The average molecular weight is 458 g/mol. The van der Waals surface area contributed by atoms with Gasteiger partial charge in [-0.2, -0.15) is 0 Å². The van der Waals surface area contributed by atoms with Crippen molar-refractivity contribution in [2.45, 2.75) is 46.1 Å². The molecular formula is C25H31NO7. The van der Waals surface area contributed by atoms with Gasteiger partial charge in [0.25, 0.3) is 0 Å². The number of methoxy groups -OCH3 is 3. The van der Waals surface area contributed by atoms with E-state index in [1.807, 2.05) is 6.92 Å². The summed E-state index contributed by atoms with van der Waals surface area (Å²) < 4.78 is 21.4. The molecule has 0 bridgehead atoms. The van der Waals surface area contributed by atoms with Crippen molar-refractivity contribution < 1.29 is 33.3 Å². The van der Waals surface area contributed by atoms with Gasteiger partial charge in [-0.15, -0.1) is 0 Å². The van der Waals surface area contributed by atoms with Crippen molar-refractivity contribution in [1.82, 2.24) is 5.32 Å². The van der Waals surface area contributed by atoms with E-state index in [-0.39, 0.29) is 17.8 Å². The second-order valence-corrected chi connectivity index (χ2v) is 8.60. The van der Waals surface area contributed by atoms with E-state index in [2.05, 4.69) is 5.32 Å². The van der Waals surface area contributed by atoms with Crippen molar-refractivity contribution in [3.63, 3.8) is 0 Å². The van der Waals surface area contributed by atoms with Crippen LogP contribution in [-0.4, -0.2) is 45.2 Å². The number of allylic oxidation sites excluding steroid dienone is 3. The first-order valence-electron chi connectivity index (χ1n) is 10.9. The molecule has 0 saturated carbocycles. The van der Waals surface area contributed by atoms with Crippen molar-refractivity contribution in [3.8, 4) is 11.5 Å². The summed E-state index contributed by atoms with van der Waals surface area (Å²) in [7, 11) is 4.33. The topological polar surface area (TPSA) is 100 Å². The minimum atomic E-state index is -0.955. The molecule has 0 amide bonds. The predicted octanol–water partition coefficient (Wildman–Crippen LogP) is 3.27. The molecule has 1 aliphatic carbocycles. The van der Waals surface area contributed by atoms with E-state index in [0.717, 1.165) is 0 Å². The monoisotopic (exact) mass is 457 g/mol. The first kappa shape index (κ1) is 24.4. The highest BCUT2D eigenvalue weighted by molar-refractivity contribution is 6.12. The van der Waals surface area contributed by atoms with E-state index in [1.54, 1.807) is 46.1 Å². The van der Waals surface area contributed by atoms with Crippen molar-refractivity contribution in [3.05, 3.63) is 46.3 Å². The molecule has 33 heavy (non-hydrogen) atoms. The predicted molar refractivity (Wildman–Crippen MR) is 121 cm³/mol. The fourth-order valence-electron chi connectivity index (χ4n) is 4.60. The van der Waals surface area contributed by atoms with E-state index < -0.39 is 23.8 Å². The average Bonchev–Trinajstić information content (AvgIpc) is 2.76. The molecule has 0 saturated heterocycles. The molecule has 1 aromatic rings. The molecule has 0 aromatic heterocycles. The molecule has 8 nitrogen and oxygen atoms in total. The van der Waals surface area contributed by atoms with E-state index >= 15 is 0 Å². The van der Waals surface area contributed by atoms with Gasteiger partial charge in [-0.3, -0.25) is 9.59 Å². The summed E-state index contributed by atoms with van der Waals surface area (Å²) in [6.07, 6.45) is 0.108. The molecule has 1 N–H and O–H groups in total. The van der Waals surface area contributed by atoms with Crippen molar-refractivity contribution in [1.29, 1.82) is 0 Å². The largest absolute Gasteiger partial charge is 0.497 e. The highest BCUT2D eigenvalue weighted by Gasteiger charge is 2.48. The lowest BCUT2D eigenvalue weighted by Crippen LogP contribution is -2.43. The number of rotatable bonds is 6. The smallest absolute Gasteiger partial charge is 0.337 e. The van der Waals surface area contributed by atoms with Crippen LogP contribution in [-0.2, 0) is 23.9 Å². The molecule has 8 heteroatoms. The highest BCUT2D eigenvalue weighted by atomic mass is 16.5. The summed E-state index contributed by atoms with van der Waals surface area (Å²) in [5.74, 6) is -2.45. The third kappa shape index (κ3) is 4.47. The second kappa shape index (κ2) is 9.68. The van der Waals surface area contributed by atoms with Crippen molar-refractivity contribution in [2.75, 3.05) is 21.3 Å². The Bertz CT molecular complexity index is 1040. The summed E-state index contributed by atoms with van der Waals surface area (Å²) >= 11 is 0. The Kier molecular flexibility index (Phi) is 7.15. The Morgan fingerprint density at radius 1 is 1.12 bits per heavy atom. The SMILES string of the molecule is COC(=O)[C@H]1C(=O)C2=C(C[C@@H]1C)NC(C)=C(C(=O)OC(C)C)[C@H]2c1ccc(OC)cc1OC. The van der Waals surface area contributed by atoms with Crippen LogP contribution in [0.25, 0.3) is 0 Å². The van der Waals surface area contributed by atoms with Crippen LogP contribution < -0.4 is 14.8 Å². The van der Waals surface area contributed by atoms with E-state index in [1.165, 1.54) is 14.2 Å².